The van der Waals surface area contributed by atoms with Gasteiger partial charge in [-0.2, -0.15) is 5.26 Å². The van der Waals surface area contributed by atoms with Gasteiger partial charge in [-0.3, -0.25) is 15.1 Å². The third kappa shape index (κ3) is 5.08. The van der Waals surface area contributed by atoms with Gasteiger partial charge in [-0.15, -0.1) is 0 Å². The van der Waals surface area contributed by atoms with Crippen molar-refractivity contribution in [1.82, 2.24) is 4.98 Å². The van der Waals surface area contributed by atoms with Crippen LogP contribution in [0.25, 0.3) is 22.0 Å². The second-order valence-electron chi connectivity index (χ2n) is 8.95. The van der Waals surface area contributed by atoms with Crippen LogP contribution in [0.5, 0.6) is 5.75 Å². The number of hydrogen-bond acceptors (Lipinski definition) is 7. The maximum absolute atomic E-state index is 11.9. The average molecular weight is 495 g/mol. The number of nitrogens with zero attached hydrogens (tertiary/aromatic N) is 4. The summed E-state index contributed by atoms with van der Waals surface area (Å²) in [6.07, 6.45) is 1.68. The molecule has 0 unspecified atom stereocenters. The Morgan fingerprint density at radius 3 is 2.65 bits per heavy atom. The Morgan fingerprint density at radius 2 is 1.89 bits per heavy atom. The molecule has 1 saturated heterocycles. The number of nitro groups is 1. The lowest BCUT2D eigenvalue weighted by molar-refractivity contribution is -0.384. The van der Waals surface area contributed by atoms with Crippen LogP contribution in [-0.2, 0) is 11.3 Å². The largest absolute Gasteiger partial charge is 0.495 e. The molecule has 4 aromatic rings. The molecule has 186 valence electrons. The van der Waals surface area contributed by atoms with Crippen molar-refractivity contribution in [1.29, 1.82) is 5.26 Å². The molecule has 2 heterocycles. The van der Waals surface area contributed by atoms with Crippen molar-refractivity contribution in [2.45, 2.75) is 25.6 Å². The number of aromatic nitrogens is 1. The first-order valence-electron chi connectivity index (χ1n) is 12.1. The fourth-order valence-electron chi connectivity index (χ4n) is 4.83. The normalized spacial score (nSPS) is 13.9. The summed E-state index contributed by atoms with van der Waals surface area (Å²) in [7, 11) is 1.48. The molecular formula is C29H26N4O4. The first-order chi connectivity index (χ1) is 18.1. The fourth-order valence-corrected chi connectivity index (χ4v) is 4.83. The number of ether oxygens (including phenoxy) is 2. The lowest BCUT2D eigenvalue weighted by Gasteiger charge is -2.34. The molecule has 8 heteroatoms. The van der Waals surface area contributed by atoms with E-state index in [1.807, 2.05) is 36.4 Å². The zero-order chi connectivity index (χ0) is 25.8. The number of nitro benzene ring substituents is 1. The Balaban J connectivity index is 1.33. The van der Waals surface area contributed by atoms with Gasteiger partial charge >= 0.3 is 0 Å². The first kappa shape index (κ1) is 24.2. The number of methoxy groups -OCH3 is 1. The summed E-state index contributed by atoms with van der Waals surface area (Å²) in [6, 6.07) is 24.4. The summed E-state index contributed by atoms with van der Waals surface area (Å²) in [5.41, 5.74) is 4.20. The van der Waals surface area contributed by atoms with Crippen molar-refractivity contribution in [3.63, 3.8) is 0 Å². The van der Waals surface area contributed by atoms with Crippen LogP contribution in [0.15, 0.2) is 72.8 Å². The number of pyridine rings is 1. The molecule has 3 aromatic carbocycles. The summed E-state index contributed by atoms with van der Waals surface area (Å²) < 4.78 is 11.5. The van der Waals surface area contributed by atoms with Crippen molar-refractivity contribution < 1.29 is 14.4 Å². The second-order valence-corrected chi connectivity index (χ2v) is 8.95. The highest BCUT2D eigenvalue weighted by molar-refractivity contribution is 5.87. The van der Waals surface area contributed by atoms with E-state index < -0.39 is 0 Å². The monoisotopic (exact) mass is 494 g/mol. The standard InChI is InChI=1S/C29H26N4O4/c1-36-28-17-21(9-10-22(28)18-30)29-26(7-4-8-27(29)33(34)35)32-15-13-24(14-16-32)37-19-23-12-11-20-5-2-3-6-25(20)31-23/h2-12,17,24H,13-16,19H2,1H3. The van der Waals surface area contributed by atoms with Crippen molar-refractivity contribution in [2.75, 3.05) is 25.1 Å². The van der Waals surface area contributed by atoms with Crippen LogP contribution < -0.4 is 9.64 Å². The molecule has 1 aliphatic heterocycles. The SMILES string of the molecule is COc1cc(-c2c(N3CCC(OCc4ccc5ccccc5n4)CC3)cccc2[N+](=O)[O-])ccc1C#N. The Kier molecular flexibility index (Phi) is 6.97. The van der Waals surface area contributed by atoms with Gasteiger partial charge in [0, 0.05) is 24.5 Å². The van der Waals surface area contributed by atoms with Crippen LogP contribution in [-0.4, -0.2) is 36.2 Å². The Bertz CT molecular complexity index is 1490. The number of nitriles is 1. The van der Waals surface area contributed by atoms with E-state index >= 15 is 0 Å². The third-order valence-electron chi connectivity index (χ3n) is 6.73. The predicted molar refractivity (Wildman–Crippen MR) is 142 cm³/mol. The van der Waals surface area contributed by atoms with Crippen molar-refractivity contribution in [3.8, 4) is 22.9 Å². The molecule has 0 bridgehead atoms. The number of piperidine rings is 1. The van der Waals surface area contributed by atoms with Gasteiger partial charge in [-0.1, -0.05) is 36.4 Å². The van der Waals surface area contributed by atoms with Crippen molar-refractivity contribution in [3.05, 3.63) is 94.2 Å². The molecule has 8 nitrogen and oxygen atoms in total. The van der Waals surface area contributed by atoms with Gasteiger partial charge < -0.3 is 14.4 Å². The molecule has 0 spiro atoms. The quantitative estimate of drug-likeness (QED) is 0.234. The summed E-state index contributed by atoms with van der Waals surface area (Å²) in [4.78, 5) is 18.4. The van der Waals surface area contributed by atoms with Gasteiger partial charge in [0.1, 0.15) is 11.8 Å². The average Bonchev–Trinajstić information content (AvgIpc) is 2.95. The number of rotatable bonds is 7. The van der Waals surface area contributed by atoms with E-state index in [4.69, 9.17) is 14.5 Å². The Morgan fingerprint density at radius 1 is 1.08 bits per heavy atom. The summed E-state index contributed by atoms with van der Waals surface area (Å²) in [5, 5.41) is 22.4. The smallest absolute Gasteiger partial charge is 0.279 e. The van der Waals surface area contributed by atoms with Crippen molar-refractivity contribution >= 4 is 22.3 Å². The predicted octanol–water partition coefficient (Wildman–Crippen LogP) is 5.88. The van der Waals surface area contributed by atoms with E-state index in [1.54, 1.807) is 24.3 Å². The van der Waals surface area contributed by atoms with Gasteiger partial charge in [0.2, 0.25) is 0 Å². The number of hydrogen-bond donors (Lipinski definition) is 0. The van der Waals surface area contributed by atoms with E-state index in [2.05, 4.69) is 17.0 Å². The third-order valence-corrected chi connectivity index (χ3v) is 6.73. The first-order valence-corrected chi connectivity index (χ1v) is 12.1. The minimum absolute atomic E-state index is 0.0185. The van der Waals surface area contributed by atoms with Crippen LogP contribution in [0, 0.1) is 21.4 Å². The summed E-state index contributed by atoms with van der Waals surface area (Å²) >= 11 is 0. The molecule has 0 N–H and O–H groups in total. The van der Waals surface area contributed by atoms with E-state index in [9.17, 15) is 15.4 Å². The second kappa shape index (κ2) is 10.6. The molecule has 5 rings (SSSR count). The Labute approximate surface area is 214 Å². The zero-order valence-corrected chi connectivity index (χ0v) is 20.5. The molecule has 1 aromatic heterocycles. The van der Waals surface area contributed by atoms with Gasteiger partial charge in [-0.05, 0) is 48.7 Å². The van der Waals surface area contributed by atoms with Crippen LogP contribution in [0.3, 0.4) is 0 Å². The highest BCUT2D eigenvalue weighted by atomic mass is 16.6. The maximum atomic E-state index is 11.9. The molecule has 1 aliphatic rings. The zero-order valence-electron chi connectivity index (χ0n) is 20.5. The van der Waals surface area contributed by atoms with Crippen molar-refractivity contribution in [2.24, 2.45) is 0 Å². The van der Waals surface area contributed by atoms with E-state index in [1.165, 1.54) is 13.2 Å². The van der Waals surface area contributed by atoms with Crippen LogP contribution in [0.1, 0.15) is 24.1 Å². The maximum Gasteiger partial charge on any atom is 0.279 e. The lowest BCUT2D eigenvalue weighted by Crippen LogP contribution is -2.37. The van der Waals surface area contributed by atoms with E-state index in [-0.39, 0.29) is 16.7 Å². The Hall–Kier alpha value is -4.48. The van der Waals surface area contributed by atoms with Gasteiger partial charge in [0.15, 0.2) is 0 Å². The molecule has 0 radical (unpaired) electrons. The molecule has 0 atom stereocenters. The molecule has 1 fully saturated rings. The van der Waals surface area contributed by atoms with Gasteiger partial charge in [-0.25, -0.2) is 0 Å². The number of para-hydroxylation sites is 1. The van der Waals surface area contributed by atoms with Crippen LogP contribution in [0.2, 0.25) is 0 Å². The molecule has 0 aliphatic carbocycles. The van der Waals surface area contributed by atoms with Gasteiger partial charge in [0.05, 0.1) is 52.8 Å². The molecule has 37 heavy (non-hydrogen) atoms. The topological polar surface area (TPSA) is 102 Å². The summed E-state index contributed by atoms with van der Waals surface area (Å²) in [6.45, 7) is 1.86. The minimum atomic E-state index is -0.365. The van der Waals surface area contributed by atoms with Crippen LogP contribution >= 0.6 is 0 Å². The highest BCUT2D eigenvalue weighted by Gasteiger charge is 2.27. The summed E-state index contributed by atoms with van der Waals surface area (Å²) in [5.74, 6) is 0.388. The highest BCUT2D eigenvalue weighted by Crippen LogP contribution is 2.41. The van der Waals surface area contributed by atoms with Crippen LogP contribution in [0.4, 0.5) is 11.4 Å². The fraction of sp³-hybridized carbons (Fsp3) is 0.241. The number of fused-ring (bicyclic) bond motifs is 1. The number of benzene rings is 3. The molecular weight excluding hydrogens is 468 g/mol. The molecule has 0 amide bonds. The number of anilines is 1. The van der Waals surface area contributed by atoms with E-state index in [0.717, 1.165) is 35.1 Å². The molecule has 0 saturated carbocycles. The lowest BCUT2D eigenvalue weighted by atomic mass is 9.97. The minimum Gasteiger partial charge on any atom is -0.495 e. The van der Waals surface area contributed by atoms with E-state index in [0.29, 0.717) is 42.1 Å². The van der Waals surface area contributed by atoms with Gasteiger partial charge in [0.25, 0.3) is 5.69 Å².